The molecule has 0 saturated heterocycles. The molecule has 0 atom stereocenters. The van der Waals surface area contributed by atoms with Crippen LogP contribution in [0.15, 0.2) is 200 Å². The first-order chi connectivity index (χ1) is 27.6. The van der Waals surface area contributed by atoms with Crippen molar-refractivity contribution < 1.29 is 0 Å². The molecule has 0 fully saturated rings. The van der Waals surface area contributed by atoms with Gasteiger partial charge < -0.3 is 4.90 Å². The quantitative estimate of drug-likeness (QED) is 0.179. The van der Waals surface area contributed by atoms with Crippen molar-refractivity contribution >= 4 is 39.9 Å². The lowest BCUT2D eigenvalue weighted by atomic mass is 9.97. The number of benzene rings is 6. The third-order valence-corrected chi connectivity index (χ3v) is 10.5. The lowest BCUT2D eigenvalue weighted by Crippen LogP contribution is -2.24. The number of pyridine rings is 2. The molecule has 0 unspecified atom stereocenters. The summed E-state index contributed by atoms with van der Waals surface area (Å²) in [5, 5.41) is 19.9. The normalized spacial score (nSPS) is 14.6. The van der Waals surface area contributed by atoms with E-state index in [0.29, 0.717) is 17.0 Å². The minimum atomic E-state index is 0.261. The van der Waals surface area contributed by atoms with E-state index in [4.69, 9.17) is 4.98 Å². The Balaban J connectivity index is 1.20. The van der Waals surface area contributed by atoms with E-state index in [1.54, 1.807) is 12.4 Å². The van der Waals surface area contributed by atoms with Gasteiger partial charge in [0.05, 0.1) is 28.8 Å². The van der Waals surface area contributed by atoms with Crippen LogP contribution in [-0.4, -0.2) is 21.5 Å². The Bertz CT molecular complexity index is 2720. The van der Waals surface area contributed by atoms with Crippen molar-refractivity contribution in [3.63, 3.8) is 0 Å². The maximum atomic E-state index is 10.1. The van der Waals surface area contributed by atoms with Gasteiger partial charge in [-0.1, -0.05) is 121 Å². The highest BCUT2D eigenvalue weighted by molar-refractivity contribution is 6.42. The van der Waals surface area contributed by atoms with Gasteiger partial charge in [-0.2, -0.15) is 0 Å². The molecule has 0 radical (unpaired) electrons. The van der Waals surface area contributed by atoms with Crippen LogP contribution in [0.2, 0.25) is 0 Å². The molecule has 2 aliphatic heterocycles. The largest absolute Gasteiger partial charge is 0.305 e. The van der Waals surface area contributed by atoms with Gasteiger partial charge in [0.2, 0.25) is 0 Å². The zero-order valence-electron chi connectivity index (χ0n) is 30.3. The van der Waals surface area contributed by atoms with E-state index in [0.717, 1.165) is 72.8 Å². The average molecular weight is 719 g/mol. The topological polar surface area (TPSA) is 80.0 Å². The fraction of sp³-hybridized carbons (Fsp3) is 0. The van der Waals surface area contributed by atoms with Crippen LogP contribution in [0.5, 0.6) is 0 Å². The molecule has 0 spiro atoms. The Hall–Kier alpha value is -7.70. The Kier molecular flexibility index (Phi) is 8.00. The molecule has 6 aromatic carbocycles. The maximum Gasteiger partial charge on any atom is 0.140 e. The molecule has 10 rings (SSSR count). The summed E-state index contributed by atoms with van der Waals surface area (Å²) in [5.41, 5.74) is 14.7. The predicted octanol–water partition coefficient (Wildman–Crippen LogP) is 12.2. The Morgan fingerprint density at radius 2 is 0.875 bits per heavy atom. The van der Waals surface area contributed by atoms with E-state index < -0.39 is 0 Å². The van der Waals surface area contributed by atoms with Crippen molar-refractivity contribution in [1.29, 1.82) is 10.8 Å². The number of nitrogens with zero attached hydrogens (tertiary/aromatic N) is 4. The first kappa shape index (κ1) is 32.9. The van der Waals surface area contributed by atoms with Crippen molar-refractivity contribution in [1.82, 2.24) is 9.97 Å². The molecule has 0 aliphatic carbocycles. The number of fused-ring (bicyclic) bond motifs is 2. The van der Waals surface area contributed by atoms with Crippen LogP contribution in [0.3, 0.4) is 0 Å². The van der Waals surface area contributed by atoms with Crippen LogP contribution < -0.4 is 9.80 Å². The fourth-order valence-corrected chi connectivity index (χ4v) is 7.93. The number of aromatic nitrogens is 2. The van der Waals surface area contributed by atoms with Gasteiger partial charge in [-0.3, -0.25) is 25.7 Å². The van der Waals surface area contributed by atoms with Crippen LogP contribution in [0.1, 0.15) is 11.3 Å². The highest BCUT2D eigenvalue weighted by atomic mass is 15.2. The summed E-state index contributed by atoms with van der Waals surface area (Å²) in [5.74, 6) is 0.261. The molecule has 6 nitrogen and oxygen atoms in total. The summed E-state index contributed by atoms with van der Waals surface area (Å²) in [6, 6.07) is 60.4. The second kappa shape index (κ2) is 13.6. The van der Waals surface area contributed by atoms with Crippen LogP contribution in [0, 0.1) is 10.8 Å². The van der Waals surface area contributed by atoms with Crippen molar-refractivity contribution in [3.05, 3.63) is 211 Å². The van der Waals surface area contributed by atoms with Gasteiger partial charge in [-0.05, 0) is 99.1 Å². The molecular formula is C50H34N6. The van der Waals surface area contributed by atoms with E-state index in [1.807, 2.05) is 77.8 Å². The van der Waals surface area contributed by atoms with Gasteiger partial charge in [0.1, 0.15) is 17.2 Å². The minimum absolute atomic E-state index is 0.261. The zero-order chi connectivity index (χ0) is 37.6. The Morgan fingerprint density at radius 1 is 0.411 bits per heavy atom. The molecule has 56 heavy (non-hydrogen) atoms. The van der Waals surface area contributed by atoms with Gasteiger partial charge in [-0.25, -0.2) is 0 Å². The van der Waals surface area contributed by atoms with Gasteiger partial charge in [0.25, 0.3) is 0 Å². The van der Waals surface area contributed by atoms with Crippen molar-refractivity contribution in [3.8, 4) is 44.5 Å². The van der Waals surface area contributed by atoms with Gasteiger partial charge >= 0.3 is 0 Å². The van der Waals surface area contributed by atoms with Gasteiger partial charge in [0.15, 0.2) is 0 Å². The summed E-state index contributed by atoms with van der Waals surface area (Å²) in [6.45, 7) is 0. The molecule has 0 bridgehead atoms. The maximum absolute atomic E-state index is 10.1. The van der Waals surface area contributed by atoms with E-state index in [1.165, 1.54) is 0 Å². The molecule has 2 N–H and O–H groups in total. The van der Waals surface area contributed by atoms with E-state index >= 15 is 0 Å². The second-order valence-electron chi connectivity index (χ2n) is 13.9. The molecular weight excluding hydrogens is 685 g/mol. The SMILES string of the molecule is N=C1/C(=C2\C(=N)N(c3cc(-c4ccccc4)cc(-c4ccccc4)c3)c3cnccc32)N(c2cc(-c3ccccc3)cc(-c3ccccc3)c2)c2cccnc21. The Labute approximate surface area is 325 Å². The number of rotatable bonds is 6. The van der Waals surface area contributed by atoms with E-state index in [-0.39, 0.29) is 11.5 Å². The molecule has 8 aromatic rings. The summed E-state index contributed by atoms with van der Waals surface area (Å²) in [6.07, 6.45) is 5.33. The number of hydrogen-bond donors (Lipinski definition) is 2. The molecule has 0 amide bonds. The van der Waals surface area contributed by atoms with E-state index in [2.05, 4.69) is 119 Å². The van der Waals surface area contributed by atoms with Crippen LogP contribution in [-0.2, 0) is 0 Å². The Morgan fingerprint density at radius 3 is 1.36 bits per heavy atom. The first-order valence-electron chi connectivity index (χ1n) is 18.6. The number of allylic oxidation sites excluding steroid dienone is 1. The van der Waals surface area contributed by atoms with Gasteiger partial charge in [0, 0.05) is 29.3 Å². The highest BCUT2D eigenvalue weighted by Gasteiger charge is 2.41. The molecule has 2 aliphatic rings. The number of anilines is 4. The summed E-state index contributed by atoms with van der Waals surface area (Å²) >= 11 is 0. The smallest absolute Gasteiger partial charge is 0.140 e. The molecule has 0 saturated carbocycles. The lowest BCUT2D eigenvalue weighted by molar-refractivity contribution is 1.24. The third-order valence-electron chi connectivity index (χ3n) is 10.5. The summed E-state index contributed by atoms with van der Waals surface area (Å²) in [7, 11) is 0. The van der Waals surface area contributed by atoms with Crippen LogP contribution >= 0.6 is 0 Å². The molecule has 2 aromatic heterocycles. The average Bonchev–Trinajstić information content (AvgIpc) is 3.73. The first-order valence-corrected chi connectivity index (χ1v) is 18.6. The third kappa shape index (κ3) is 5.60. The zero-order valence-corrected chi connectivity index (χ0v) is 30.3. The fourth-order valence-electron chi connectivity index (χ4n) is 7.93. The van der Waals surface area contributed by atoms with Crippen molar-refractivity contribution in [2.24, 2.45) is 0 Å². The monoisotopic (exact) mass is 718 g/mol. The number of amidine groups is 1. The number of hydrogen-bond acceptors (Lipinski definition) is 5. The predicted molar refractivity (Wildman–Crippen MR) is 229 cm³/mol. The minimum Gasteiger partial charge on any atom is -0.305 e. The molecule has 6 heteroatoms. The second-order valence-corrected chi connectivity index (χ2v) is 13.9. The molecule has 264 valence electrons. The summed E-state index contributed by atoms with van der Waals surface area (Å²) in [4.78, 5) is 13.4. The van der Waals surface area contributed by atoms with Crippen LogP contribution in [0.25, 0.3) is 50.1 Å². The lowest BCUT2D eigenvalue weighted by Gasteiger charge is -2.25. The number of nitrogens with one attached hydrogen (secondary N) is 2. The summed E-state index contributed by atoms with van der Waals surface area (Å²) < 4.78 is 0. The van der Waals surface area contributed by atoms with Crippen molar-refractivity contribution in [2.45, 2.75) is 0 Å². The van der Waals surface area contributed by atoms with Gasteiger partial charge in [-0.15, -0.1) is 0 Å². The molecule has 4 heterocycles. The van der Waals surface area contributed by atoms with Crippen LogP contribution in [0.4, 0.5) is 22.7 Å². The van der Waals surface area contributed by atoms with Crippen molar-refractivity contribution in [2.75, 3.05) is 9.80 Å². The standard InChI is InChI=1S/C50H34N6/c51-47-48-44(22-13-24-54-48)55(41-28-37(33-14-5-1-6-15-33)26-38(29-41)34-16-7-2-8-17-34)49(47)46-43-23-25-53-32-45(43)56(50(46)52)42-30-39(35-18-9-3-10-19-35)27-40(31-42)36-20-11-4-12-21-36/h1-32,51-52H/b49-46+,51-47?,52-50?. The highest BCUT2D eigenvalue weighted by Crippen LogP contribution is 2.50. The van der Waals surface area contributed by atoms with E-state index in [9.17, 15) is 10.8 Å².